The Kier molecular flexibility index (Phi) is 8.43. The maximum Gasteiger partial charge on any atom is 0.243 e. The number of carbonyl (C=O) groups is 2. The lowest BCUT2D eigenvalue weighted by molar-refractivity contribution is -0.142. The molecule has 1 saturated heterocycles. The van der Waals surface area contributed by atoms with Gasteiger partial charge in [0.2, 0.25) is 11.8 Å². The fraction of sp³-hybridized carbons (Fsp3) is 0.462. The molecule has 2 aromatic carbocycles. The molecule has 4 N–H and O–H groups in total. The standard InChI is InChI=1S/C26H32F3N3O4/c1-26(2,3)23(30-4)25(36)32-12-16(34)11-20(32)24(35)31-19(13-33)14-5-7-15(8-6-14)21-17(27)9-10-18(28)22(21)29/h5-10,16,19-20,23,30,33-34H,11-13H2,1-4H3,(H,31,35)/t16-,19+,20+,23-/m1/s1. The summed E-state index contributed by atoms with van der Waals surface area (Å²) >= 11 is 0. The molecule has 0 saturated carbocycles. The molecule has 1 aliphatic rings. The summed E-state index contributed by atoms with van der Waals surface area (Å²) in [5.41, 5.74) is -0.424. The van der Waals surface area contributed by atoms with Crippen molar-refractivity contribution in [2.24, 2.45) is 5.41 Å². The monoisotopic (exact) mass is 507 g/mol. The van der Waals surface area contributed by atoms with E-state index >= 15 is 0 Å². The SMILES string of the molecule is CN[C@H](C(=O)N1C[C@H](O)C[C@H]1C(=O)N[C@@H](CO)c1ccc(-c2c(F)ccc(F)c2F)cc1)C(C)(C)C. The van der Waals surface area contributed by atoms with Gasteiger partial charge in [0.05, 0.1) is 30.4 Å². The number of halogens is 3. The first-order valence-corrected chi connectivity index (χ1v) is 11.7. The fourth-order valence-corrected chi connectivity index (χ4v) is 4.57. The van der Waals surface area contributed by atoms with E-state index in [1.165, 1.54) is 29.2 Å². The van der Waals surface area contributed by atoms with Crippen LogP contribution in [0.15, 0.2) is 36.4 Å². The van der Waals surface area contributed by atoms with E-state index in [1.54, 1.807) is 7.05 Å². The largest absolute Gasteiger partial charge is 0.394 e. The first-order chi connectivity index (χ1) is 16.9. The van der Waals surface area contributed by atoms with E-state index in [-0.39, 0.29) is 24.4 Å². The van der Waals surface area contributed by atoms with Gasteiger partial charge in [-0.3, -0.25) is 9.59 Å². The Morgan fingerprint density at radius 3 is 2.25 bits per heavy atom. The molecule has 196 valence electrons. The lowest BCUT2D eigenvalue weighted by Crippen LogP contribution is -2.56. The number of rotatable bonds is 7. The third-order valence-electron chi connectivity index (χ3n) is 6.41. The zero-order chi connectivity index (χ0) is 26.8. The van der Waals surface area contributed by atoms with Gasteiger partial charge in [-0.1, -0.05) is 45.0 Å². The van der Waals surface area contributed by atoms with Gasteiger partial charge in [0.25, 0.3) is 0 Å². The minimum Gasteiger partial charge on any atom is -0.394 e. The van der Waals surface area contributed by atoms with Crippen LogP contribution in [0.25, 0.3) is 11.1 Å². The summed E-state index contributed by atoms with van der Waals surface area (Å²) in [5.74, 6) is -4.27. The van der Waals surface area contributed by atoms with Gasteiger partial charge in [0.15, 0.2) is 11.6 Å². The molecule has 0 radical (unpaired) electrons. The minimum atomic E-state index is -1.31. The molecule has 7 nitrogen and oxygen atoms in total. The highest BCUT2D eigenvalue weighted by atomic mass is 19.2. The number of aliphatic hydroxyl groups excluding tert-OH is 2. The predicted octanol–water partition coefficient (Wildman–Crippen LogP) is 2.52. The van der Waals surface area contributed by atoms with Crippen LogP contribution < -0.4 is 10.6 Å². The molecule has 4 atom stereocenters. The van der Waals surface area contributed by atoms with E-state index < -0.39 is 65.2 Å². The van der Waals surface area contributed by atoms with Gasteiger partial charge in [-0.05, 0) is 35.7 Å². The van der Waals surface area contributed by atoms with Crippen LogP contribution in [0, 0.1) is 22.9 Å². The number of β-amino-alcohol motifs (C(OH)–C–C–N with tert-alkyl or cyclic N) is 1. The van der Waals surface area contributed by atoms with E-state index in [2.05, 4.69) is 10.6 Å². The number of hydrogen-bond donors (Lipinski definition) is 4. The van der Waals surface area contributed by atoms with Crippen LogP contribution in [0.3, 0.4) is 0 Å². The van der Waals surface area contributed by atoms with Crippen molar-refractivity contribution >= 4 is 11.8 Å². The van der Waals surface area contributed by atoms with Crippen molar-refractivity contribution in [2.45, 2.75) is 51.4 Å². The molecule has 0 bridgehead atoms. The Balaban J connectivity index is 1.79. The maximum atomic E-state index is 14.1. The van der Waals surface area contributed by atoms with Gasteiger partial charge in [-0.15, -0.1) is 0 Å². The van der Waals surface area contributed by atoms with Crippen molar-refractivity contribution in [1.82, 2.24) is 15.5 Å². The summed E-state index contributed by atoms with van der Waals surface area (Å²) in [6, 6.07) is 4.78. The van der Waals surface area contributed by atoms with Crippen molar-refractivity contribution in [3.05, 3.63) is 59.4 Å². The Bertz CT molecular complexity index is 1100. The molecular formula is C26H32F3N3O4. The summed E-state index contributed by atoms with van der Waals surface area (Å²) in [4.78, 5) is 27.7. The molecular weight excluding hydrogens is 475 g/mol. The first-order valence-electron chi connectivity index (χ1n) is 11.7. The van der Waals surface area contributed by atoms with Crippen molar-refractivity contribution in [2.75, 3.05) is 20.2 Å². The summed E-state index contributed by atoms with van der Waals surface area (Å²) in [7, 11) is 1.66. The second kappa shape index (κ2) is 11.0. The lowest BCUT2D eigenvalue weighted by Gasteiger charge is -2.35. The normalized spacial score (nSPS) is 19.8. The van der Waals surface area contributed by atoms with Crippen LogP contribution in [0.2, 0.25) is 0 Å². The van der Waals surface area contributed by atoms with Gasteiger partial charge >= 0.3 is 0 Å². The van der Waals surface area contributed by atoms with Crippen LogP contribution in [-0.2, 0) is 9.59 Å². The third kappa shape index (κ3) is 5.71. The zero-order valence-electron chi connectivity index (χ0n) is 20.7. The summed E-state index contributed by atoms with van der Waals surface area (Å²) in [6.45, 7) is 5.19. The van der Waals surface area contributed by atoms with Gasteiger partial charge < -0.3 is 25.7 Å². The van der Waals surface area contributed by atoms with Crippen molar-refractivity contribution < 1.29 is 33.0 Å². The van der Waals surface area contributed by atoms with Gasteiger partial charge in [0, 0.05) is 13.0 Å². The van der Waals surface area contributed by atoms with Gasteiger partial charge in [-0.2, -0.15) is 0 Å². The molecule has 0 aromatic heterocycles. The number of likely N-dealkylation sites (N-methyl/N-ethyl adjacent to an activating group) is 1. The highest BCUT2D eigenvalue weighted by Crippen LogP contribution is 2.30. The molecule has 0 spiro atoms. The number of hydrogen-bond acceptors (Lipinski definition) is 5. The number of aliphatic hydroxyl groups is 2. The summed E-state index contributed by atoms with van der Waals surface area (Å²) in [5, 5.41) is 25.8. The highest BCUT2D eigenvalue weighted by molar-refractivity contribution is 5.91. The second-order valence-corrected chi connectivity index (χ2v) is 10.1. The average molecular weight is 508 g/mol. The van der Waals surface area contributed by atoms with Crippen LogP contribution in [-0.4, -0.2) is 65.3 Å². The molecule has 1 heterocycles. The quantitative estimate of drug-likeness (QED) is 0.432. The minimum absolute atomic E-state index is 0.00837. The molecule has 2 amide bonds. The van der Waals surface area contributed by atoms with Gasteiger partial charge in [0.1, 0.15) is 11.9 Å². The molecule has 0 unspecified atom stereocenters. The summed E-state index contributed by atoms with van der Waals surface area (Å²) in [6.07, 6.45) is -0.821. The molecule has 1 aliphatic heterocycles. The van der Waals surface area contributed by atoms with Crippen molar-refractivity contribution in [3.63, 3.8) is 0 Å². The molecule has 1 fully saturated rings. The Labute approximate surface area is 208 Å². The number of benzene rings is 2. The molecule has 0 aliphatic carbocycles. The van der Waals surface area contributed by atoms with Crippen LogP contribution >= 0.6 is 0 Å². The topological polar surface area (TPSA) is 102 Å². The third-order valence-corrected chi connectivity index (χ3v) is 6.41. The molecule has 3 rings (SSSR count). The molecule has 10 heteroatoms. The number of likely N-dealkylation sites (tertiary alicyclic amines) is 1. The van der Waals surface area contributed by atoms with Crippen LogP contribution in [0.4, 0.5) is 13.2 Å². The molecule has 36 heavy (non-hydrogen) atoms. The molecule has 2 aromatic rings. The van der Waals surface area contributed by atoms with E-state index in [9.17, 15) is 33.0 Å². The van der Waals surface area contributed by atoms with Crippen molar-refractivity contribution in [3.8, 4) is 11.1 Å². The Morgan fingerprint density at radius 2 is 1.69 bits per heavy atom. The van der Waals surface area contributed by atoms with Crippen LogP contribution in [0.5, 0.6) is 0 Å². The lowest BCUT2D eigenvalue weighted by atomic mass is 9.86. The Hall–Kier alpha value is -2.95. The smallest absolute Gasteiger partial charge is 0.243 e. The van der Waals surface area contributed by atoms with Crippen molar-refractivity contribution in [1.29, 1.82) is 0 Å². The fourth-order valence-electron chi connectivity index (χ4n) is 4.57. The van der Waals surface area contributed by atoms with Gasteiger partial charge in [-0.25, -0.2) is 13.2 Å². The maximum absolute atomic E-state index is 14.1. The number of nitrogens with one attached hydrogen (secondary N) is 2. The first kappa shape index (κ1) is 27.6. The van der Waals surface area contributed by atoms with E-state index in [0.29, 0.717) is 11.6 Å². The van der Waals surface area contributed by atoms with Crippen LogP contribution in [0.1, 0.15) is 38.8 Å². The van der Waals surface area contributed by atoms with E-state index in [1.807, 2.05) is 20.8 Å². The van der Waals surface area contributed by atoms with E-state index in [4.69, 9.17) is 0 Å². The average Bonchev–Trinajstić information content (AvgIpc) is 3.22. The second-order valence-electron chi connectivity index (χ2n) is 10.1. The number of carbonyl (C=O) groups excluding carboxylic acids is 2. The zero-order valence-corrected chi connectivity index (χ0v) is 20.7. The highest BCUT2D eigenvalue weighted by Gasteiger charge is 2.43. The predicted molar refractivity (Wildman–Crippen MR) is 128 cm³/mol. The number of nitrogens with zero attached hydrogens (tertiary/aromatic N) is 1. The Morgan fingerprint density at radius 1 is 1.08 bits per heavy atom. The van der Waals surface area contributed by atoms with E-state index in [0.717, 1.165) is 6.07 Å². The number of amides is 2. The summed E-state index contributed by atoms with van der Waals surface area (Å²) < 4.78 is 41.8.